The minimum atomic E-state index is 0.417. The fourth-order valence-electron chi connectivity index (χ4n) is 2.19. The second kappa shape index (κ2) is 7.27. The molecule has 0 fully saturated rings. The summed E-state index contributed by atoms with van der Waals surface area (Å²) in [5.74, 6) is 1.72. The third-order valence-electron chi connectivity index (χ3n) is 3.36. The molecule has 3 rings (SSSR count). The molecule has 0 aliphatic rings. The van der Waals surface area contributed by atoms with Gasteiger partial charge in [0, 0.05) is 10.2 Å². The zero-order valence-corrected chi connectivity index (χ0v) is 14.8. The van der Waals surface area contributed by atoms with Gasteiger partial charge in [-0.1, -0.05) is 28.1 Å². The van der Waals surface area contributed by atoms with Crippen LogP contribution in [0.2, 0.25) is 0 Å². The highest BCUT2D eigenvalue weighted by Gasteiger charge is 2.06. The van der Waals surface area contributed by atoms with E-state index < -0.39 is 0 Å². The molecular formula is C17H16BrN5O. The van der Waals surface area contributed by atoms with Gasteiger partial charge in [0.15, 0.2) is 5.82 Å². The average Bonchev–Trinajstić information content (AvgIpc) is 2.58. The van der Waals surface area contributed by atoms with Crippen molar-refractivity contribution in [1.29, 1.82) is 0 Å². The van der Waals surface area contributed by atoms with Gasteiger partial charge in [-0.05, 0) is 42.8 Å². The molecule has 0 radical (unpaired) electrons. The number of para-hydroxylation sites is 2. The Kier molecular flexibility index (Phi) is 4.90. The second-order valence-corrected chi connectivity index (χ2v) is 5.99. The Bertz CT molecular complexity index is 856. The van der Waals surface area contributed by atoms with Gasteiger partial charge in [-0.3, -0.25) is 0 Å². The number of aryl methyl sites for hydroxylation is 1. The first-order valence-electron chi connectivity index (χ1n) is 7.28. The molecule has 1 heterocycles. The summed E-state index contributed by atoms with van der Waals surface area (Å²) in [6.07, 6.45) is 1.56. The van der Waals surface area contributed by atoms with Crippen LogP contribution in [0.1, 0.15) is 5.56 Å². The molecule has 0 bridgehead atoms. The zero-order valence-electron chi connectivity index (χ0n) is 13.2. The van der Waals surface area contributed by atoms with Gasteiger partial charge >= 0.3 is 0 Å². The minimum absolute atomic E-state index is 0.417. The van der Waals surface area contributed by atoms with Crippen LogP contribution in [-0.4, -0.2) is 22.3 Å². The number of halogens is 1. The van der Waals surface area contributed by atoms with Crippen molar-refractivity contribution in [3.8, 4) is 5.75 Å². The highest BCUT2D eigenvalue weighted by molar-refractivity contribution is 9.10. The van der Waals surface area contributed by atoms with Crippen LogP contribution in [0.5, 0.6) is 5.75 Å². The summed E-state index contributed by atoms with van der Waals surface area (Å²) in [7, 11) is 1.63. The van der Waals surface area contributed by atoms with Crippen molar-refractivity contribution in [1.82, 2.24) is 15.2 Å². The van der Waals surface area contributed by atoms with Crippen molar-refractivity contribution >= 4 is 39.1 Å². The summed E-state index contributed by atoms with van der Waals surface area (Å²) in [5.41, 5.74) is 2.82. The molecule has 3 aromatic rings. The molecule has 0 aliphatic heterocycles. The van der Waals surface area contributed by atoms with Gasteiger partial charge in [0.05, 0.1) is 19.0 Å². The lowest BCUT2D eigenvalue weighted by molar-refractivity contribution is 0.417. The zero-order chi connectivity index (χ0) is 16.9. The van der Waals surface area contributed by atoms with Crippen molar-refractivity contribution in [3.63, 3.8) is 0 Å². The van der Waals surface area contributed by atoms with E-state index in [9.17, 15) is 0 Å². The summed E-state index contributed by atoms with van der Waals surface area (Å²) in [6, 6.07) is 13.6. The molecule has 2 aromatic carbocycles. The predicted molar refractivity (Wildman–Crippen MR) is 98.3 cm³/mol. The second-order valence-electron chi connectivity index (χ2n) is 5.07. The van der Waals surface area contributed by atoms with E-state index in [-0.39, 0.29) is 0 Å². The molecule has 0 amide bonds. The Balaban J connectivity index is 1.81. The normalized spacial score (nSPS) is 10.3. The van der Waals surface area contributed by atoms with Gasteiger partial charge in [0.1, 0.15) is 5.75 Å². The molecule has 0 saturated heterocycles. The van der Waals surface area contributed by atoms with Gasteiger partial charge in [-0.2, -0.15) is 10.1 Å². The van der Waals surface area contributed by atoms with Crippen molar-refractivity contribution in [2.75, 3.05) is 17.7 Å². The topological polar surface area (TPSA) is 72.0 Å². The maximum Gasteiger partial charge on any atom is 0.249 e. The maximum absolute atomic E-state index is 5.32. The minimum Gasteiger partial charge on any atom is -0.495 e. The molecule has 0 aliphatic carbocycles. The van der Waals surface area contributed by atoms with Crippen LogP contribution >= 0.6 is 15.9 Å². The van der Waals surface area contributed by atoms with E-state index in [2.05, 4.69) is 41.7 Å². The molecule has 1 aromatic heterocycles. The maximum atomic E-state index is 5.32. The molecule has 2 N–H and O–H groups in total. The monoisotopic (exact) mass is 385 g/mol. The molecule has 0 atom stereocenters. The number of anilines is 4. The molecular weight excluding hydrogens is 370 g/mol. The summed E-state index contributed by atoms with van der Waals surface area (Å²) >= 11 is 3.45. The first-order chi connectivity index (χ1) is 11.7. The van der Waals surface area contributed by atoms with Crippen LogP contribution in [0, 0.1) is 6.92 Å². The largest absolute Gasteiger partial charge is 0.495 e. The average molecular weight is 386 g/mol. The number of ether oxygens (including phenoxy) is 1. The van der Waals surface area contributed by atoms with Gasteiger partial charge in [-0.15, -0.1) is 5.10 Å². The number of hydrogen-bond acceptors (Lipinski definition) is 6. The number of hydrogen-bond donors (Lipinski definition) is 2. The molecule has 0 saturated carbocycles. The quantitative estimate of drug-likeness (QED) is 0.676. The van der Waals surface area contributed by atoms with Crippen molar-refractivity contribution in [3.05, 3.63) is 58.7 Å². The van der Waals surface area contributed by atoms with Crippen LogP contribution in [-0.2, 0) is 0 Å². The Morgan fingerprint density at radius 1 is 1.04 bits per heavy atom. The van der Waals surface area contributed by atoms with E-state index in [0.717, 1.165) is 27.2 Å². The van der Waals surface area contributed by atoms with Gasteiger partial charge in [0.25, 0.3) is 0 Å². The highest BCUT2D eigenvalue weighted by atomic mass is 79.9. The van der Waals surface area contributed by atoms with E-state index >= 15 is 0 Å². The molecule has 0 unspecified atom stereocenters. The van der Waals surface area contributed by atoms with Crippen LogP contribution < -0.4 is 15.4 Å². The van der Waals surface area contributed by atoms with Crippen LogP contribution in [0.15, 0.2) is 53.1 Å². The van der Waals surface area contributed by atoms with Crippen LogP contribution in [0.4, 0.5) is 23.1 Å². The molecule has 6 nitrogen and oxygen atoms in total. The Morgan fingerprint density at radius 2 is 1.88 bits per heavy atom. The number of benzene rings is 2. The highest BCUT2D eigenvalue weighted by Crippen LogP contribution is 2.27. The smallest absolute Gasteiger partial charge is 0.249 e. The van der Waals surface area contributed by atoms with Gasteiger partial charge < -0.3 is 15.4 Å². The van der Waals surface area contributed by atoms with E-state index in [1.165, 1.54) is 0 Å². The lowest BCUT2D eigenvalue weighted by Gasteiger charge is -2.11. The number of rotatable bonds is 5. The van der Waals surface area contributed by atoms with Crippen LogP contribution in [0.25, 0.3) is 0 Å². The molecule has 24 heavy (non-hydrogen) atoms. The fraction of sp³-hybridized carbons (Fsp3) is 0.118. The Morgan fingerprint density at radius 3 is 2.67 bits per heavy atom. The number of nitrogens with one attached hydrogen (secondary N) is 2. The predicted octanol–water partition coefficient (Wildman–Crippen LogP) is 4.44. The Hall–Kier alpha value is -2.67. The van der Waals surface area contributed by atoms with E-state index in [0.29, 0.717) is 11.8 Å². The summed E-state index contributed by atoms with van der Waals surface area (Å²) in [6.45, 7) is 2.01. The third-order valence-corrected chi connectivity index (χ3v) is 3.86. The fourth-order valence-corrected chi connectivity index (χ4v) is 2.67. The van der Waals surface area contributed by atoms with Gasteiger partial charge in [-0.25, -0.2) is 0 Å². The number of aromatic nitrogens is 3. The van der Waals surface area contributed by atoms with Crippen LogP contribution in [0.3, 0.4) is 0 Å². The summed E-state index contributed by atoms with van der Waals surface area (Å²) < 4.78 is 6.35. The number of nitrogens with zero attached hydrogens (tertiary/aromatic N) is 3. The lowest BCUT2D eigenvalue weighted by atomic mass is 10.2. The van der Waals surface area contributed by atoms with E-state index in [1.807, 2.05) is 49.4 Å². The first kappa shape index (κ1) is 16.2. The molecule has 122 valence electrons. The van der Waals surface area contributed by atoms with Crippen molar-refractivity contribution in [2.45, 2.75) is 6.92 Å². The summed E-state index contributed by atoms with van der Waals surface area (Å²) in [4.78, 5) is 4.44. The first-order valence-corrected chi connectivity index (χ1v) is 8.08. The Labute approximate surface area is 148 Å². The standard InChI is InChI=1S/C17H16BrN5O/c1-11-9-12(18)7-8-13(11)21-17-22-16(10-19-23-17)20-14-5-3-4-6-15(14)24-2/h3-10H,1-2H3,(H2,20,21,22,23). The van der Waals surface area contributed by atoms with Crippen molar-refractivity contribution in [2.24, 2.45) is 0 Å². The number of methoxy groups -OCH3 is 1. The van der Waals surface area contributed by atoms with E-state index in [4.69, 9.17) is 4.74 Å². The third kappa shape index (κ3) is 3.80. The molecule has 7 heteroatoms. The van der Waals surface area contributed by atoms with E-state index in [1.54, 1.807) is 13.3 Å². The molecule has 0 spiro atoms. The van der Waals surface area contributed by atoms with Gasteiger partial charge in [0.2, 0.25) is 5.95 Å². The van der Waals surface area contributed by atoms with Crippen molar-refractivity contribution < 1.29 is 4.74 Å². The summed E-state index contributed by atoms with van der Waals surface area (Å²) in [5, 5.41) is 14.4. The lowest BCUT2D eigenvalue weighted by Crippen LogP contribution is -2.03. The SMILES string of the molecule is COc1ccccc1Nc1cnnc(Nc2ccc(Br)cc2C)n1.